The third-order valence-corrected chi connectivity index (χ3v) is 2.56. The molecule has 1 aromatic rings. The van der Waals surface area contributed by atoms with Gasteiger partial charge in [0.1, 0.15) is 0 Å². The Morgan fingerprint density at radius 3 is 2.80 bits per heavy atom. The fourth-order valence-electron chi connectivity index (χ4n) is 1.80. The monoisotopic (exact) mass is 198 g/mol. The van der Waals surface area contributed by atoms with Gasteiger partial charge in [-0.15, -0.1) is 6.58 Å². The van der Waals surface area contributed by atoms with Crippen molar-refractivity contribution in [3.8, 4) is 6.07 Å². The second-order valence-electron chi connectivity index (χ2n) is 3.57. The van der Waals surface area contributed by atoms with Crippen LogP contribution in [0.5, 0.6) is 0 Å². The van der Waals surface area contributed by atoms with Crippen LogP contribution in [0.4, 0.5) is 0 Å². The van der Waals surface area contributed by atoms with E-state index in [4.69, 9.17) is 5.26 Å². The molecule has 0 heterocycles. The predicted octanol–water partition coefficient (Wildman–Crippen LogP) is 3.64. The number of benzene rings is 1. The molecule has 0 aromatic heterocycles. The van der Waals surface area contributed by atoms with Gasteiger partial charge in [-0.3, -0.25) is 0 Å². The zero-order valence-corrected chi connectivity index (χ0v) is 9.38. The molecule has 1 aromatic carbocycles. The van der Waals surface area contributed by atoms with E-state index in [1.807, 2.05) is 18.2 Å². The molecule has 0 saturated carbocycles. The molecular formula is C14H16N. The Hall–Kier alpha value is -1.55. The minimum absolute atomic E-state index is 0.790. The van der Waals surface area contributed by atoms with Crippen LogP contribution in [0.3, 0.4) is 0 Å². The van der Waals surface area contributed by atoms with Crippen molar-refractivity contribution >= 4 is 0 Å². The summed E-state index contributed by atoms with van der Waals surface area (Å²) in [6.45, 7) is 7.92. The molecule has 0 unspecified atom stereocenters. The number of allylic oxidation sites excluding steroid dienone is 1. The minimum atomic E-state index is 0.790. The molecule has 0 N–H and O–H groups in total. The van der Waals surface area contributed by atoms with Crippen molar-refractivity contribution in [2.24, 2.45) is 0 Å². The summed E-state index contributed by atoms with van der Waals surface area (Å²) in [5.74, 6) is 1.28. The molecule has 77 valence electrons. The Morgan fingerprint density at radius 1 is 1.53 bits per heavy atom. The first-order valence-corrected chi connectivity index (χ1v) is 5.20. The van der Waals surface area contributed by atoms with Crippen LogP contribution in [0.25, 0.3) is 0 Å². The highest BCUT2D eigenvalue weighted by atomic mass is 14.3. The first kappa shape index (κ1) is 11.5. The highest BCUT2D eigenvalue weighted by Crippen LogP contribution is 2.25. The molecule has 0 aliphatic rings. The Balaban J connectivity index is 3.17. The average molecular weight is 198 g/mol. The fourth-order valence-corrected chi connectivity index (χ4v) is 1.80. The molecular weight excluding hydrogens is 182 g/mol. The molecule has 15 heavy (non-hydrogen) atoms. The lowest BCUT2D eigenvalue weighted by Gasteiger charge is -2.14. The van der Waals surface area contributed by atoms with Crippen LogP contribution in [0.15, 0.2) is 30.9 Å². The molecule has 0 aliphatic heterocycles. The molecule has 0 saturated heterocycles. The Labute approximate surface area is 92.1 Å². The lowest BCUT2D eigenvalue weighted by molar-refractivity contribution is 0.987. The quantitative estimate of drug-likeness (QED) is 0.677. The standard InChI is InChI=1S/C14H16N/c1-4-7-11(3)14-9-6-8-12(10-15)13(14)5-2/h4,6,8-9H,1,5,7H2,2-3H3. The minimum Gasteiger partial charge on any atom is -0.192 e. The second kappa shape index (κ2) is 5.36. The molecule has 0 bridgehead atoms. The maximum Gasteiger partial charge on any atom is 0.0994 e. The summed E-state index contributed by atoms with van der Waals surface area (Å²) in [6.07, 6.45) is 3.67. The predicted molar refractivity (Wildman–Crippen MR) is 63.4 cm³/mol. The lowest BCUT2D eigenvalue weighted by Crippen LogP contribution is -2.01. The molecule has 1 rings (SSSR count). The molecule has 0 spiro atoms. The SMILES string of the molecule is C=CC[C](C)c1cccc(C#N)c1CC. The van der Waals surface area contributed by atoms with Gasteiger partial charge in [0.05, 0.1) is 11.6 Å². The van der Waals surface area contributed by atoms with Gasteiger partial charge < -0.3 is 0 Å². The Morgan fingerprint density at radius 2 is 2.27 bits per heavy atom. The topological polar surface area (TPSA) is 23.8 Å². The summed E-state index contributed by atoms with van der Waals surface area (Å²) < 4.78 is 0. The van der Waals surface area contributed by atoms with Crippen molar-refractivity contribution in [1.29, 1.82) is 5.26 Å². The average Bonchev–Trinajstić information content (AvgIpc) is 2.28. The van der Waals surface area contributed by atoms with Crippen molar-refractivity contribution < 1.29 is 0 Å². The van der Waals surface area contributed by atoms with Crippen LogP contribution in [0, 0.1) is 17.2 Å². The third-order valence-electron chi connectivity index (χ3n) is 2.56. The second-order valence-corrected chi connectivity index (χ2v) is 3.57. The number of hydrogen-bond donors (Lipinski definition) is 0. The first-order chi connectivity index (χ1) is 7.24. The van der Waals surface area contributed by atoms with E-state index in [0.29, 0.717) is 0 Å². The van der Waals surface area contributed by atoms with Gasteiger partial charge in [-0.25, -0.2) is 0 Å². The normalized spacial score (nSPS) is 10.0. The van der Waals surface area contributed by atoms with Crippen LogP contribution in [-0.2, 0) is 6.42 Å². The van der Waals surface area contributed by atoms with Crippen LogP contribution < -0.4 is 0 Å². The van der Waals surface area contributed by atoms with Gasteiger partial charge >= 0.3 is 0 Å². The summed E-state index contributed by atoms with van der Waals surface area (Å²) in [6, 6.07) is 8.15. The van der Waals surface area contributed by atoms with Gasteiger partial charge in [0, 0.05) is 5.92 Å². The van der Waals surface area contributed by atoms with Crippen LogP contribution in [0.2, 0.25) is 0 Å². The number of hydrogen-bond acceptors (Lipinski definition) is 1. The number of nitrogens with zero attached hydrogens (tertiary/aromatic N) is 1. The van der Waals surface area contributed by atoms with E-state index in [-0.39, 0.29) is 0 Å². The van der Waals surface area contributed by atoms with Gasteiger partial charge in [0.15, 0.2) is 0 Å². The van der Waals surface area contributed by atoms with Crippen molar-refractivity contribution in [2.75, 3.05) is 0 Å². The Bertz CT molecular complexity index is 385. The molecule has 0 aliphatic carbocycles. The molecule has 0 fully saturated rings. The van der Waals surface area contributed by atoms with E-state index in [1.165, 1.54) is 11.5 Å². The first-order valence-electron chi connectivity index (χ1n) is 5.20. The van der Waals surface area contributed by atoms with Gasteiger partial charge in [-0.2, -0.15) is 5.26 Å². The molecule has 1 heteroatoms. The van der Waals surface area contributed by atoms with Gasteiger partial charge in [0.2, 0.25) is 0 Å². The lowest BCUT2D eigenvalue weighted by atomic mass is 9.89. The molecule has 0 amide bonds. The zero-order valence-electron chi connectivity index (χ0n) is 9.38. The van der Waals surface area contributed by atoms with E-state index < -0.39 is 0 Å². The van der Waals surface area contributed by atoms with Gasteiger partial charge in [-0.05, 0) is 30.0 Å². The maximum absolute atomic E-state index is 9.01. The zero-order chi connectivity index (χ0) is 11.3. The molecule has 0 atom stereocenters. The van der Waals surface area contributed by atoms with Crippen molar-refractivity contribution in [2.45, 2.75) is 26.7 Å². The summed E-state index contributed by atoms with van der Waals surface area (Å²) in [7, 11) is 0. The maximum atomic E-state index is 9.01. The van der Waals surface area contributed by atoms with Crippen molar-refractivity contribution in [3.63, 3.8) is 0 Å². The van der Waals surface area contributed by atoms with Crippen molar-refractivity contribution in [3.05, 3.63) is 53.5 Å². The number of rotatable bonds is 4. The number of nitriles is 1. The molecule has 1 nitrogen and oxygen atoms in total. The summed E-state index contributed by atoms with van der Waals surface area (Å²) >= 11 is 0. The van der Waals surface area contributed by atoms with Crippen LogP contribution in [-0.4, -0.2) is 0 Å². The molecule has 1 radical (unpaired) electrons. The summed E-state index contributed by atoms with van der Waals surface area (Å²) in [4.78, 5) is 0. The van der Waals surface area contributed by atoms with Crippen molar-refractivity contribution in [1.82, 2.24) is 0 Å². The van der Waals surface area contributed by atoms with E-state index in [0.717, 1.165) is 24.0 Å². The van der Waals surface area contributed by atoms with Crippen LogP contribution in [0.1, 0.15) is 37.0 Å². The highest BCUT2D eigenvalue weighted by molar-refractivity contribution is 5.48. The highest BCUT2D eigenvalue weighted by Gasteiger charge is 2.11. The summed E-state index contributed by atoms with van der Waals surface area (Å²) in [5, 5.41) is 9.01. The van der Waals surface area contributed by atoms with Crippen LogP contribution >= 0.6 is 0 Å². The smallest absolute Gasteiger partial charge is 0.0994 e. The largest absolute Gasteiger partial charge is 0.192 e. The third kappa shape index (κ3) is 2.47. The Kier molecular flexibility index (Phi) is 4.12. The summed E-state index contributed by atoms with van der Waals surface area (Å²) in [5.41, 5.74) is 3.15. The van der Waals surface area contributed by atoms with E-state index in [2.05, 4.69) is 32.6 Å². The van der Waals surface area contributed by atoms with E-state index in [1.54, 1.807) is 0 Å². The van der Waals surface area contributed by atoms with E-state index >= 15 is 0 Å². The fraction of sp³-hybridized carbons (Fsp3) is 0.286. The van der Waals surface area contributed by atoms with Gasteiger partial charge in [0.25, 0.3) is 0 Å². The van der Waals surface area contributed by atoms with E-state index in [9.17, 15) is 0 Å². The van der Waals surface area contributed by atoms with Gasteiger partial charge in [-0.1, -0.05) is 32.1 Å².